The minimum absolute atomic E-state index is 0.244. The Hall–Kier alpha value is -1.09. The van der Waals surface area contributed by atoms with Crippen molar-refractivity contribution in [2.75, 3.05) is 19.7 Å². The van der Waals surface area contributed by atoms with Crippen LogP contribution in [0.2, 0.25) is 0 Å². The maximum absolute atomic E-state index is 12.8. The molecule has 0 amide bonds. The first-order chi connectivity index (χ1) is 8.33. The highest BCUT2D eigenvalue weighted by Gasteiger charge is 1.95. The van der Waals surface area contributed by atoms with Crippen LogP contribution in [0.15, 0.2) is 24.3 Å². The van der Waals surface area contributed by atoms with Gasteiger partial charge >= 0.3 is 0 Å². The van der Waals surface area contributed by atoms with Gasteiger partial charge in [-0.1, -0.05) is 13.0 Å². The molecule has 0 fully saturated rings. The van der Waals surface area contributed by atoms with E-state index in [0.717, 1.165) is 25.9 Å². The van der Waals surface area contributed by atoms with E-state index in [4.69, 9.17) is 4.74 Å². The Morgan fingerprint density at radius 3 is 2.82 bits per heavy atom. The standard InChI is InChI=1S/C14H22FNO/c1-2-9-16-10-4-3-5-11-17-14-8-6-7-13(15)12-14/h6-8,12,16H,2-5,9-11H2,1H3. The fourth-order valence-corrected chi connectivity index (χ4v) is 1.58. The van der Waals surface area contributed by atoms with Gasteiger partial charge in [-0.2, -0.15) is 0 Å². The van der Waals surface area contributed by atoms with Gasteiger partial charge < -0.3 is 10.1 Å². The molecule has 1 aromatic carbocycles. The normalized spacial score (nSPS) is 10.5. The maximum atomic E-state index is 12.8. The predicted molar refractivity (Wildman–Crippen MR) is 68.9 cm³/mol. The number of ether oxygens (including phenoxy) is 1. The molecule has 0 aromatic heterocycles. The van der Waals surface area contributed by atoms with Gasteiger partial charge in [-0.3, -0.25) is 0 Å². The fraction of sp³-hybridized carbons (Fsp3) is 0.571. The van der Waals surface area contributed by atoms with Crippen molar-refractivity contribution in [1.29, 1.82) is 0 Å². The van der Waals surface area contributed by atoms with Crippen LogP contribution in [0.4, 0.5) is 4.39 Å². The zero-order valence-corrected chi connectivity index (χ0v) is 10.5. The molecule has 3 heteroatoms. The molecule has 1 rings (SSSR count). The summed E-state index contributed by atoms with van der Waals surface area (Å²) in [6.45, 7) is 5.00. The molecule has 0 aliphatic rings. The molecule has 0 unspecified atom stereocenters. The SMILES string of the molecule is CCCNCCCCCOc1cccc(F)c1. The number of unbranched alkanes of at least 4 members (excludes halogenated alkanes) is 2. The number of nitrogens with one attached hydrogen (secondary N) is 1. The van der Waals surface area contributed by atoms with Crippen LogP contribution in [0, 0.1) is 5.82 Å². The highest BCUT2D eigenvalue weighted by molar-refractivity contribution is 5.22. The quantitative estimate of drug-likeness (QED) is 0.667. The first kappa shape index (κ1) is 14.0. The van der Waals surface area contributed by atoms with Gasteiger partial charge in [0.15, 0.2) is 0 Å². The van der Waals surface area contributed by atoms with Gasteiger partial charge in [0.05, 0.1) is 6.61 Å². The second-order valence-electron chi connectivity index (χ2n) is 4.12. The Balaban J connectivity index is 1.97. The van der Waals surface area contributed by atoms with Crippen molar-refractivity contribution in [3.8, 4) is 5.75 Å². The second-order valence-corrected chi connectivity index (χ2v) is 4.12. The van der Waals surface area contributed by atoms with E-state index >= 15 is 0 Å². The van der Waals surface area contributed by atoms with Crippen molar-refractivity contribution in [3.63, 3.8) is 0 Å². The van der Waals surface area contributed by atoms with Crippen molar-refractivity contribution in [2.45, 2.75) is 32.6 Å². The Labute approximate surface area is 103 Å². The lowest BCUT2D eigenvalue weighted by atomic mass is 10.2. The predicted octanol–water partition coefficient (Wildman–Crippen LogP) is 3.37. The molecule has 2 nitrogen and oxygen atoms in total. The van der Waals surface area contributed by atoms with E-state index in [9.17, 15) is 4.39 Å². The largest absolute Gasteiger partial charge is 0.493 e. The maximum Gasteiger partial charge on any atom is 0.126 e. The number of hydrogen-bond acceptors (Lipinski definition) is 2. The average molecular weight is 239 g/mol. The lowest BCUT2D eigenvalue weighted by Gasteiger charge is -2.06. The second kappa shape index (κ2) is 8.99. The van der Waals surface area contributed by atoms with Crippen molar-refractivity contribution < 1.29 is 9.13 Å². The molecule has 0 bridgehead atoms. The summed E-state index contributed by atoms with van der Waals surface area (Å²) >= 11 is 0. The number of halogens is 1. The molecule has 1 N–H and O–H groups in total. The van der Waals surface area contributed by atoms with Crippen molar-refractivity contribution in [1.82, 2.24) is 5.32 Å². The Kier molecular flexibility index (Phi) is 7.39. The highest BCUT2D eigenvalue weighted by atomic mass is 19.1. The zero-order valence-electron chi connectivity index (χ0n) is 10.5. The topological polar surface area (TPSA) is 21.3 Å². The van der Waals surface area contributed by atoms with Crippen molar-refractivity contribution >= 4 is 0 Å². The first-order valence-electron chi connectivity index (χ1n) is 6.42. The number of hydrogen-bond donors (Lipinski definition) is 1. The Bertz CT molecular complexity index is 304. The van der Waals surface area contributed by atoms with Crippen LogP contribution in [-0.2, 0) is 0 Å². The van der Waals surface area contributed by atoms with Gasteiger partial charge in [0.1, 0.15) is 11.6 Å². The lowest BCUT2D eigenvalue weighted by Crippen LogP contribution is -2.15. The summed E-state index contributed by atoms with van der Waals surface area (Å²) in [4.78, 5) is 0. The van der Waals surface area contributed by atoms with Gasteiger partial charge in [-0.05, 0) is 50.9 Å². The van der Waals surface area contributed by atoms with E-state index in [1.807, 2.05) is 0 Å². The molecule has 0 saturated carbocycles. The number of rotatable bonds is 9. The minimum atomic E-state index is -0.244. The molecule has 0 aliphatic carbocycles. The molecule has 96 valence electrons. The molecule has 1 aromatic rings. The average Bonchev–Trinajstić information content (AvgIpc) is 2.33. The minimum Gasteiger partial charge on any atom is -0.493 e. The smallest absolute Gasteiger partial charge is 0.126 e. The van der Waals surface area contributed by atoms with Crippen LogP contribution in [0.3, 0.4) is 0 Å². The molecule has 0 radical (unpaired) electrons. The van der Waals surface area contributed by atoms with E-state index < -0.39 is 0 Å². The lowest BCUT2D eigenvalue weighted by molar-refractivity contribution is 0.303. The molecular weight excluding hydrogens is 217 g/mol. The molecule has 0 aliphatic heterocycles. The van der Waals surface area contributed by atoms with Crippen molar-refractivity contribution in [3.05, 3.63) is 30.1 Å². The van der Waals surface area contributed by atoms with E-state index in [1.165, 1.54) is 25.0 Å². The van der Waals surface area contributed by atoms with E-state index in [-0.39, 0.29) is 5.82 Å². The monoisotopic (exact) mass is 239 g/mol. The Morgan fingerprint density at radius 2 is 2.06 bits per heavy atom. The van der Waals surface area contributed by atoms with Crippen LogP contribution in [0.25, 0.3) is 0 Å². The third kappa shape index (κ3) is 6.95. The molecule has 0 spiro atoms. The zero-order chi connectivity index (χ0) is 12.3. The summed E-state index contributed by atoms with van der Waals surface area (Å²) in [5.74, 6) is 0.375. The van der Waals surface area contributed by atoms with E-state index in [0.29, 0.717) is 12.4 Å². The van der Waals surface area contributed by atoms with Crippen LogP contribution in [0.1, 0.15) is 32.6 Å². The number of benzene rings is 1. The summed E-state index contributed by atoms with van der Waals surface area (Å²) in [6.07, 6.45) is 4.52. The first-order valence-corrected chi connectivity index (χ1v) is 6.42. The summed E-state index contributed by atoms with van der Waals surface area (Å²) in [5.41, 5.74) is 0. The molecule has 0 saturated heterocycles. The third-order valence-electron chi connectivity index (χ3n) is 2.49. The van der Waals surface area contributed by atoms with Gasteiger partial charge in [-0.15, -0.1) is 0 Å². The van der Waals surface area contributed by atoms with Gasteiger partial charge in [0.25, 0.3) is 0 Å². The van der Waals surface area contributed by atoms with Crippen molar-refractivity contribution in [2.24, 2.45) is 0 Å². The summed E-state index contributed by atoms with van der Waals surface area (Å²) < 4.78 is 18.3. The van der Waals surface area contributed by atoms with Crippen LogP contribution in [0.5, 0.6) is 5.75 Å². The van der Waals surface area contributed by atoms with Crippen LogP contribution in [-0.4, -0.2) is 19.7 Å². The van der Waals surface area contributed by atoms with E-state index in [2.05, 4.69) is 12.2 Å². The summed E-state index contributed by atoms with van der Waals surface area (Å²) in [5, 5.41) is 3.36. The van der Waals surface area contributed by atoms with Crippen LogP contribution < -0.4 is 10.1 Å². The van der Waals surface area contributed by atoms with Gasteiger partial charge in [0.2, 0.25) is 0 Å². The Morgan fingerprint density at radius 1 is 1.18 bits per heavy atom. The summed E-state index contributed by atoms with van der Waals surface area (Å²) in [7, 11) is 0. The molecule has 17 heavy (non-hydrogen) atoms. The van der Waals surface area contributed by atoms with E-state index in [1.54, 1.807) is 12.1 Å². The van der Waals surface area contributed by atoms with Gasteiger partial charge in [-0.25, -0.2) is 4.39 Å². The fourth-order valence-electron chi connectivity index (χ4n) is 1.58. The summed E-state index contributed by atoms with van der Waals surface area (Å²) in [6, 6.07) is 6.29. The molecule has 0 heterocycles. The molecule has 0 atom stereocenters. The highest BCUT2D eigenvalue weighted by Crippen LogP contribution is 2.12. The molecular formula is C14H22FNO. The third-order valence-corrected chi connectivity index (χ3v) is 2.49. The van der Waals surface area contributed by atoms with Gasteiger partial charge in [0, 0.05) is 6.07 Å². The van der Waals surface area contributed by atoms with Crippen LogP contribution >= 0.6 is 0 Å².